The quantitative estimate of drug-likeness (QED) is 0.572. The number of halogens is 1. The van der Waals surface area contributed by atoms with Crippen LogP contribution in [0, 0.1) is 6.92 Å². The molecule has 0 saturated carbocycles. The molecule has 3 aromatic rings. The molecule has 1 aliphatic heterocycles. The van der Waals surface area contributed by atoms with Gasteiger partial charge in [-0.05, 0) is 68.0 Å². The van der Waals surface area contributed by atoms with E-state index in [1.54, 1.807) is 31.2 Å². The Bertz CT molecular complexity index is 1220. The normalized spacial score (nSPS) is 15.0. The molecule has 0 unspecified atom stereocenters. The minimum atomic E-state index is -1.03. The number of amides is 1. The van der Waals surface area contributed by atoms with E-state index in [1.807, 2.05) is 31.2 Å². The number of carbonyl (C=O) groups excluding carboxylic acids is 1. The van der Waals surface area contributed by atoms with Gasteiger partial charge in [0.25, 0.3) is 5.91 Å². The van der Waals surface area contributed by atoms with Gasteiger partial charge < -0.3 is 9.52 Å². The highest BCUT2D eigenvalue weighted by molar-refractivity contribution is 6.32. The summed E-state index contributed by atoms with van der Waals surface area (Å²) in [4.78, 5) is 23.9. The fraction of sp³-hybridized carbons (Fsp3) is 0.0870. The molecule has 1 aromatic heterocycles. The number of benzene rings is 2. The molecule has 0 atom stereocenters. The Balaban J connectivity index is 1.61. The van der Waals surface area contributed by atoms with E-state index in [0.717, 1.165) is 11.1 Å². The first-order valence-corrected chi connectivity index (χ1v) is 9.53. The van der Waals surface area contributed by atoms with Crippen LogP contribution >= 0.6 is 11.6 Å². The van der Waals surface area contributed by atoms with E-state index in [9.17, 15) is 9.59 Å². The van der Waals surface area contributed by atoms with Gasteiger partial charge in [0.15, 0.2) is 0 Å². The highest BCUT2D eigenvalue weighted by atomic mass is 35.5. The topological polar surface area (TPSA) is 83.1 Å². The minimum absolute atomic E-state index is 0.140. The summed E-state index contributed by atoms with van der Waals surface area (Å²) < 4.78 is 5.92. The number of nitrogens with zero attached hydrogens (tertiary/aromatic N) is 2. The summed E-state index contributed by atoms with van der Waals surface area (Å²) in [6.07, 6.45) is 1.65. The average Bonchev–Trinajstić information content (AvgIpc) is 3.30. The first-order chi connectivity index (χ1) is 14.3. The van der Waals surface area contributed by atoms with E-state index in [2.05, 4.69) is 5.10 Å². The third-order valence-corrected chi connectivity index (χ3v) is 5.28. The summed E-state index contributed by atoms with van der Waals surface area (Å²) in [5, 5.41) is 15.2. The molecule has 150 valence electrons. The zero-order valence-electron chi connectivity index (χ0n) is 16.2. The summed E-state index contributed by atoms with van der Waals surface area (Å²) in [5.74, 6) is -0.168. The van der Waals surface area contributed by atoms with Gasteiger partial charge in [-0.1, -0.05) is 23.7 Å². The molecule has 1 amide bonds. The van der Waals surface area contributed by atoms with Crippen LogP contribution in [0.1, 0.15) is 28.6 Å². The van der Waals surface area contributed by atoms with Crippen LogP contribution in [-0.4, -0.2) is 22.7 Å². The molecule has 1 aliphatic rings. The number of carbonyl (C=O) groups is 2. The first-order valence-electron chi connectivity index (χ1n) is 9.15. The largest absolute Gasteiger partial charge is 0.478 e. The summed E-state index contributed by atoms with van der Waals surface area (Å²) >= 11 is 6.20. The standard InChI is InChI=1S/C23H17ClN2O4/c1-13-18(4-3-5-20(13)24)21-11-10-17(30-21)12-19-14(2)25-26(22(19)27)16-8-6-15(7-9-16)23(28)29/h3-12H,1-2H3,(H,28,29)/b19-12+. The van der Waals surface area contributed by atoms with Crippen LogP contribution in [0.4, 0.5) is 5.69 Å². The number of rotatable bonds is 4. The fourth-order valence-electron chi connectivity index (χ4n) is 3.20. The zero-order valence-corrected chi connectivity index (χ0v) is 17.0. The lowest BCUT2D eigenvalue weighted by Gasteiger charge is -2.11. The molecule has 2 heterocycles. The number of hydrazone groups is 1. The van der Waals surface area contributed by atoms with Gasteiger partial charge in [0.2, 0.25) is 0 Å². The molecule has 30 heavy (non-hydrogen) atoms. The number of aromatic carboxylic acids is 1. The molecule has 6 nitrogen and oxygen atoms in total. The van der Waals surface area contributed by atoms with Gasteiger partial charge in [-0.15, -0.1) is 0 Å². The van der Waals surface area contributed by atoms with E-state index in [0.29, 0.717) is 33.5 Å². The van der Waals surface area contributed by atoms with Crippen molar-refractivity contribution in [2.75, 3.05) is 5.01 Å². The van der Waals surface area contributed by atoms with Crippen LogP contribution < -0.4 is 5.01 Å². The third-order valence-electron chi connectivity index (χ3n) is 4.87. The summed E-state index contributed by atoms with van der Waals surface area (Å²) in [6, 6.07) is 15.2. The Kier molecular flexibility index (Phi) is 5.01. The molecule has 0 bridgehead atoms. The van der Waals surface area contributed by atoms with E-state index < -0.39 is 5.97 Å². The van der Waals surface area contributed by atoms with Crippen molar-refractivity contribution in [1.29, 1.82) is 0 Å². The summed E-state index contributed by atoms with van der Waals surface area (Å²) in [7, 11) is 0. The first kappa shape index (κ1) is 19.7. The van der Waals surface area contributed by atoms with Gasteiger partial charge in [-0.3, -0.25) is 4.79 Å². The molecule has 0 radical (unpaired) electrons. The van der Waals surface area contributed by atoms with Crippen molar-refractivity contribution in [2.45, 2.75) is 13.8 Å². The Morgan fingerprint density at radius 2 is 1.83 bits per heavy atom. The lowest BCUT2D eigenvalue weighted by molar-refractivity contribution is -0.114. The van der Waals surface area contributed by atoms with Crippen molar-refractivity contribution in [3.63, 3.8) is 0 Å². The summed E-state index contributed by atoms with van der Waals surface area (Å²) in [5.41, 5.74) is 3.37. The van der Waals surface area contributed by atoms with Crippen LogP contribution in [0.5, 0.6) is 0 Å². The smallest absolute Gasteiger partial charge is 0.335 e. The molecule has 4 rings (SSSR count). The molecular weight excluding hydrogens is 404 g/mol. The molecule has 0 fully saturated rings. The van der Waals surface area contributed by atoms with Gasteiger partial charge >= 0.3 is 5.97 Å². The monoisotopic (exact) mass is 420 g/mol. The number of anilines is 1. The van der Waals surface area contributed by atoms with Crippen LogP contribution in [0.15, 0.2) is 69.7 Å². The van der Waals surface area contributed by atoms with Crippen LogP contribution in [0.2, 0.25) is 5.02 Å². The van der Waals surface area contributed by atoms with E-state index >= 15 is 0 Å². The highest BCUT2D eigenvalue weighted by Gasteiger charge is 2.29. The fourth-order valence-corrected chi connectivity index (χ4v) is 3.37. The number of furan rings is 1. The molecule has 0 aliphatic carbocycles. The third kappa shape index (κ3) is 3.53. The predicted octanol–water partition coefficient (Wildman–Crippen LogP) is 5.41. The molecular formula is C23H17ClN2O4. The molecule has 2 aromatic carbocycles. The van der Waals surface area contributed by atoms with Crippen molar-refractivity contribution in [2.24, 2.45) is 5.10 Å². The Morgan fingerprint density at radius 1 is 1.10 bits per heavy atom. The van der Waals surface area contributed by atoms with Gasteiger partial charge in [0.1, 0.15) is 11.5 Å². The Morgan fingerprint density at radius 3 is 2.53 bits per heavy atom. The maximum absolute atomic E-state index is 12.9. The number of hydrogen-bond donors (Lipinski definition) is 1. The Labute approximate surface area is 177 Å². The Hall–Kier alpha value is -3.64. The van der Waals surface area contributed by atoms with Gasteiger partial charge in [0, 0.05) is 10.6 Å². The van der Waals surface area contributed by atoms with E-state index in [4.69, 9.17) is 21.1 Å². The maximum Gasteiger partial charge on any atom is 0.335 e. The number of hydrogen-bond acceptors (Lipinski definition) is 4. The molecule has 1 N–H and O–H groups in total. The second-order valence-electron chi connectivity index (χ2n) is 6.83. The lowest BCUT2D eigenvalue weighted by atomic mass is 10.1. The van der Waals surface area contributed by atoms with Crippen LogP contribution in [0.3, 0.4) is 0 Å². The van der Waals surface area contributed by atoms with Crippen molar-refractivity contribution in [3.05, 3.63) is 82.1 Å². The van der Waals surface area contributed by atoms with Crippen molar-refractivity contribution < 1.29 is 19.1 Å². The van der Waals surface area contributed by atoms with Crippen molar-refractivity contribution in [3.8, 4) is 11.3 Å². The van der Waals surface area contributed by atoms with E-state index in [-0.39, 0.29) is 11.5 Å². The SMILES string of the molecule is CC1=NN(c2ccc(C(=O)O)cc2)C(=O)/C1=C/c1ccc(-c2cccc(Cl)c2C)o1. The lowest BCUT2D eigenvalue weighted by Crippen LogP contribution is -2.21. The second-order valence-corrected chi connectivity index (χ2v) is 7.23. The van der Waals surface area contributed by atoms with Gasteiger partial charge in [0.05, 0.1) is 22.5 Å². The summed E-state index contributed by atoms with van der Waals surface area (Å²) in [6.45, 7) is 3.66. The van der Waals surface area contributed by atoms with Crippen molar-refractivity contribution in [1.82, 2.24) is 0 Å². The van der Waals surface area contributed by atoms with Crippen molar-refractivity contribution >= 4 is 41.0 Å². The molecule has 0 spiro atoms. The van der Waals surface area contributed by atoms with E-state index in [1.165, 1.54) is 17.1 Å². The maximum atomic E-state index is 12.9. The average molecular weight is 421 g/mol. The molecule has 7 heteroatoms. The minimum Gasteiger partial charge on any atom is -0.478 e. The van der Waals surface area contributed by atoms with Crippen LogP contribution in [-0.2, 0) is 4.79 Å². The van der Waals surface area contributed by atoms with Crippen LogP contribution in [0.25, 0.3) is 17.4 Å². The van der Waals surface area contributed by atoms with Gasteiger partial charge in [-0.25, -0.2) is 4.79 Å². The molecule has 0 saturated heterocycles. The zero-order chi connectivity index (χ0) is 21.4. The number of carboxylic acids is 1. The second kappa shape index (κ2) is 7.65. The number of carboxylic acid groups (broad SMARTS) is 1. The predicted molar refractivity (Wildman–Crippen MR) is 116 cm³/mol. The highest BCUT2D eigenvalue weighted by Crippen LogP contribution is 2.31. The van der Waals surface area contributed by atoms with Gasteiger partial charge in [-0.2, -0.15) is 10.1 Å².